The molecule has 140 valence electrons. The molecule has 6 heteroatoms. The Balaban J connectivity index is 1.64. The van der Waals surface area contributed by atoms with Crippen LogP contribution in [0.15, 0.2) is 77.9 Å². The molecule has 28 heavy (non-hydrogen) atoms. The van der Waals surface area contributed by atoms with Crippen LogP contribution in [0.2, 0.25) is 5.02 Å². The number of aryl methyl sites for hydroxylation is 1. The van der Waals surface area contributed by atoms with Crippen LogP contribution in [-0.4, -0.2) is 18.1 Å². The molecule has 3 aromatic carbocycles. The van der Waals surface area contributed by atoms with Gasteiger partial charge in [0.05, 0.1) is 22.4 Å². The normalized spacial score (nSPS) is 10.6. The van der Waals surface area contributed by atoms with Gasteiger partial charge in [0.1, 0.15) is 5.75 Å². The first-order valence-corrected chi connectivity index (χ1v) is 8.87. The summed E-state index contributed by atoms with van der Waals surface area (Å²) in [6.07, 6.45) is 1.46. The predicted octanol–water partition coefficient (Wildman–Crippen LogP) is 4.63. The molecule has 0 aliphatic carbocycles. The molecule has 0 fully saturated rings. The number of hydrazone groups is 1. The third-order valence-electron chi connectivity index (χ3n) is 3.83. The molecule has 0 aliphatic heterocycles. The van der Waals surface area contributed by atoms with Crippen LogP contribution in [0.5, 0.6) is 5.75 Å². The zero-order valence-corrected chi connectivity index (χ0v) is 15.8. The zero-order chi connectivity index (χ0) is 19.9. The lowest BCUT2D eigenvalue weighted by molar-refractivity contribution is 0.0734. The molecule has 0 radical (unpaired) electrons. The predicted molar refractivity (Wildman–Crippen MR) is 109 cm³/mol. The van der Waals surface area contributed by atoms with Crippen molar-refractivity contribution in [2.45, 2.75) is 6.92 Å². The Kier molecular flexibility index (Phi) is 6.19. The van der Waals surface area contributed by atoms with Crippen molar-refractivity contribution in [3.8, 4) is 5.75 Å². The lowest BCUT2D eigenvalue weighted by atomic mass is 10.1. The standard InChI is InChI=1S/C22H17ClN2O3/c1-15-10-11-19(20(23)12-15)21(26)25-24-14-16-6-5-9-18(13-16)28-22(27)17-7-3-2-4-8-17/h2-14H,1H3,(H,25,26)/b24-14-. The third kappa shape index (κ3) is 5.05. The molecule has 0 saturated heterocycles. The number of carbonyl (C=O) groups excluding carboxylic acids is 2. The average molecular weight is 393 g/mol. The van der Waals surface area contributed by atoms with Crippen LogP contribution < -0.4 is 10.2 Å². The van der Waals surface area contributed by atoms with E-state index in [-0.39, 0.29) is 0 Å². The summed E-state index contributed by atoms with van der Waals surface area (Å²) in [5.74, 6) is -0.476. The Morgan fingerprint density at radius 3 is 2.54 bits per heavy atom. The summed E-state index contributed by atoms with van der Waals surface area (Å²) >= 11 is 6.08. The van der Waals surface area contributed by atoms with Crippen molar-refractivity contribution in [3.05, 3.63) is 100 Å². The van der Waals surface area contributed by atoms with Crippen molar-refractivity contribution >= 4 is 29.7 Å². The Hall–Kier alpha value is -3.44. The van der Waals surface area contributed by atoms with E-state index in [2.05, 4.69) is 10.5 Å². The van der Waals surface area contributed by atoms with Gasteiger partial charge in [0.15, 0.2) is 0 Å². The minimum absolute atomic E-state index is 0.343. The maximum absolute atomic E-state index is 12.2. The monoisotopic (exact) mass is 392 g/mol. The number of esters is 1. The van der Waals surface area contributed by atoms with Crippen LogP contribution in [0, 0.1) is 6.92 Å². The smallest absolute Gasteiger partial charge is 0.343 e. The number of rotatable bonds is 5. The minimum Gasteiger partial charge on any atom is -0.423 e. The summed E-state index contributed by atoms with van der Waals surface area (Å²) < 4.78 is 5.36. The van der Waals surface area contributed by atoms with Crippen molar-refractivity contribution in [3.63, 3.8) is 0 Å². The highest BCUT2D eigenvalue weighted by Gasteiger charge is 2.10. The summed E-state index contributed by atoms with van der Waals surface area (Å²) in [6.45, 7) is 1.89. The number of ether oxygens (including phenoxy) is 1. The quantitative estimate of drug-likeness (QED) is 0.298. The van der Waals surface area contributed by atoms with Crippen LogP contribution in [0.1, 0.15) is 31.8 Å². The van der Waals surface area contributed by atoms with Crippen molar-refractivity contribution in [1.29, 1.82) is 0 Å². The van der Waals surface area contributed by atoms with Gasteiger partial charge in [0.2, 0.25) is 0 Å². The van der Waals surface area contributed by atoms with Crippen molar-refractivity contribution < 1.29 is 14.3 Å². The van der Waals surface area contributed by atoms with Gasteiger partial charge in [-0.2, -0.15) is 5.10 Å². The highest BCUT2D eigenvalue weighted by Crippen LogP contribution is 2.17. The number of nitrogens with one attached hydrogen (secondary N) is 1. The lowest BCUT2D eigenvalue weighted by Gasteiger charge is -2.05. The van der Waals surface area contributed by atoms with E-state index >= 15 is 0 Å². The number of benzene rings is 3. The zero-order valence-electron chi connectivity index (χ0n) is 15.1. The summed E-state index contributed by atoms with van der Waals surface area (Å²) in [6, 6.07) is 20.7. The highest BCUT2D eigenvalue weighted by atomic mass is 35.5. The third-order valence-corrected chi connectivity index (χ3v) is 4.14. The highest BCUT2D eigenvalue weighted by molar-refractivity contribution is 6.33. The molecule has 0 spiro atoms. The van der Waals surface area contributed by atoms with Crippen molar-refractivity contribution in [2.75, 3.05) is 0 Å². The van der Waals surface area contributed by atoms with Gasteiger partial charge >= 0.3 is 5.97 Å². The molecule has 1 amide bonds. The van der Waals surface area contributed by atoms with Gasteiger partial charge in [0.25, 0.3) is 5.91 Å². The number of nitrogens with zero attached hydrogens (tertiary/aromatic N) is 1. The molecule has 1 N–H and O–H groups in total. The Morgan fingerprint density at radius 1 is 1.00 bits per heavy atom. The molecule has 0 atom stereocenters. The fraction of sp³-hybridized carbons (Fsp3) is 0.0455. The Bertz CT molecular complexity index is 1030. The second-order valence-electron chi connectivity index (χ2n) is 6.01. The van der Waals surface area contributed by atoms with Crippen LogP contribution in [0.25, 0.3) is 0 Å². The van der Waals surface area contributed by atoms with E-state index in [1.807, 2.05) is 13.0 Å². The maximum Gasteiger partial charge on any atom is 0.343 e. The fourth-order valence-electron chi connectivity index (χ4n) is 2.43. The molecule has 0 heterocycles. The van der Waals surface area contributed by atoms with Gasteiger partial charge in [-0.25, -0.2) is 10.2 Å². The van der Waals surface area contributed by atoms with Gasteiger partial charge in [-0.05, 0) is 54.4 Å². The summed E-state index contributed by atoms with van der Waals surface area (Å²) in [5.41, 5.74) is 4.86. The summed E-state index contributed by atoms with van der Waals surface area (Å²) in [4.78, 5) is 24.3. The number of hydrogen-bond acceptors (Lipinski definition) is 4. The Morgan fingerprint density at radius 2 is 1.79 bits per heavy atom. The van der Waals surface area contributed by atoms with E-state index in [0.29, 0.717) is 27.5 Å². The molecule has 0 aliphatic rings. The van der Waals surface area contributed by atoms with E-state index < -0.39 is 11.9 Å². The largest absolute Gasteiger partial charge is 0.423 e. The van der Waals surface area contributed by atoms with E-state index in [9.17, 15) is 9.59 Å². The van der Waals surface area contributed by atoms with E-state index in [0.717, 1.165) is 5.56 Å². The van der Waals surface area contributed by atoms with Crippen LogP contribution in [0.4, 0.5) is 0 Å². The lowest BCUT2D eigenvalue weighted by Crippen LogP contribution is -2.18. The number of amides is 1. The Labute approximate surface area is 167 Å². The number of halogens is 1. The molecule has 3 aromatic rings. The maximum atomic E-state index is 12.2. The van der Waals surface area contributed by atoms with E-state index in [1.54, 1.807) is 66.7 Å². The number of carbonyl (C=O) groups is 2. The van der Waals surface area contributed by atoms with Crippen LogP contribution >= 0.6 is 11.6 Å². The van der Waals surface area contributed by atoms with E-state index in [4.69, 9.17) is 16.3 Å². The van der Waals surface area contributed by atoms with Crippen LogP contribution in [0.3, 0.4) is 0 Å². The first kappa shape index (κ1) is 19.3. The molecular weight excluding hydrogens is 376 g/mol. The van der Waals surface area contributed by atoms with Gasteiger partial charge in [0, 0.05) is 0 Å². The first-order valence-electron chi connectivity index (χ1n) is 8.50. The minimum atomic E-state index is -0.447. The summed E-state index contributed by atoms with van der Waals surface area (Å²) in [7, 11) is 0. The van der Waals surface area contributed by atoms with Gasteiger partial charge < -0.3 is 4.74 Å². The molecule has 0 aromatic heterocycles. The molecule has 0 bridgehead atoms. The van der Waals surface area contributed by atoms with Gasteiger partial charge in [-0.3, -0.25) is 4.79 Å². The second kappa shape index (κ2) is 8.97. The fourth-order valence-corrected chi connectivity index (χ4v) is 2.75. The molecule has 3 rings (SSSR count). The molecular formula is C22H17ClN2O3. The average Bonchev–Trinajstić information content (AvgIpc) is 2.69. The van der Waals surface area contributed by atoms with Gasteiger partial charge in [-0.15, -0.1) is 0 Å². The van der Waals surface area contributed by atoms with E-state index in [1.165, 1.54) is 6.21 Å². The molecule has 0 unspecified atom stereocenters. The first-order chi connectivity index (χ1) is 13.5. The number of hydrogen-bond donors (Lipinski definition) is 1. The second-order valence-corrected chi connectivity index (χ2v) is 6.42. The van der Waals surface area contributed by atoms with Crippen molar-refractivity contribution in [1.82, 2.24) is 5.43 Å². The van der Waals surface area contributed by atoms with Crippen molar-refractivity contribution in [2.24, 2.45) is 5.10 Å². The molecule has 5 nitrogen and oxygen atoms in total. The summed E-state index contributed by atoms with van der Waals surface area (Å²) in [5, 5.41) is 4.30. The SMILES string of the molecule is Cc1ccc(C(=O)N/N=C\c2cccc(OC(=O)c3ccccc3)c2)c(Cl)c1. The molecule has 0 saturated carbocycles. The van der Waals surface area contributed by atoms with Crippen LogP contribution in [-0.2, 0) is 0 Å². The van der Waals surface area contributed by atoms with Gasteiger partial charge in [-0.1, -0.05) is 48.0 Å². The topological polar surface area (TPSA) is 67.8 Å².